The Morgan fingerprint density at radius 3 is 2.43 bits per heavy atom. The summed E-state index contributed by atoms with van der Waals surface area (Å²) >= 11 is 12.4. The van der Waals surface area contributed by atoms with Gasteiger partial charge in [0, 0.05) is 35.9 Å². The van der Waals surface area contributed by atoms with Crippen molar-refractivity contribution in [1.29, 1.82) is 0 Å². The second-order valence-electron chi connectivity index (χ2n) is 6.31. The summed E-state index contributed by atoms with van der Waals surface area (Å²) in [6, 6.07) is 6.12. The Kier molecular flexibility index (Phi) is 5.31. The number of hydrogen-bond donors (Lipinski definition) is 0. The van der Waals surface area contributed by atoms with Crippen LogP contribution in [0, 0.1) is 5.92 Å². The van der Waals surface area contributed by atoms with Gasteiger partial charge in [-0.05, 0) is 56.8 Å². The fourth-order valence-electron chi connectivity index (χ4n) is 3.66. The summed E-state index contributed by atoms with van der Waals surface area (Å²) < 4.78 is 0. The summed E-state index contributed by atoms with van der Waals surface area (Å²) in [5, 5.41) is 0.793. The van der Waals surface area contributed by atoms with Crippen LogP contribution >= 0.6 is 23.2 Å². The second kappa shape index (κ2) is 7.21. The molecule has 2 fully saturated rings. The maximum absolute atomic E-state index is 6.27. The Bertz CT molecular complexity index is 464. The quantitative estimate of drug-likeness (QED) is 0.757. The number of likely N-dealkylation sites (tertiary alicyclic amines) is 1. The van der Waals surface area contributed by atoms with Crippen molar-refractivity contribution in [3.05, 3.63) is 28.8 Å². The van der Waals surface area contributed by atoms with Crippen LogP contribution in [0.4, 0.5) is 5.69 Å². The first kappa shape index (κ1) is 15.5. The van der Waals surface area contributed by atoms with Crippen LogP contribution in [-0.2, 0) is 5.88 Å². The Labute approximate surface area is 138 Å². The third-order valence-corrected chi connectivity index (χ3v) is 5.52. The van der Waals surface area contributed by atoms with E-state index in [4.69, 9.17) is 23.2 Å². The molecule has 0 aromatic heterocycles. The van der Waals surface area contributed by atoms with E-state index >= 15 is 0 Å². The number of halogens is 2. The minimum absolute atomic E-state index is 0.489. The van der Waals surface area contributed by atoms with Crippen molar-refractivity contribution in [2.75, 3.05) is 37.6 Å². The average molecular weight is 327 g/mol. The third kappa shape index (κ3) is 3.67. The molecule has 0 radical (unpaired) electrons. The first-order chi connectivity index (χ1) is 10.3. The summed E-state index contributed by atoms with van der Waals surface area (Å²) in [7, 11) is 0. The van der Waals surface area contributed by atoms with Crippen LogP contribution in [0.2, 0.25) is 5.02 Å². The first-order valence-corrected chi connectivity index (χ1v) is 9.00. The Hall–Kier alpha value is -0.440. The molecule has 0 amide bonds. The molecule has 116 valence electrons. The fourth-order valence-corrected chi connectivity index (χ4v) is 4.25. The van der Waals surface area contributed by atoms with Crippen molar-refractivity contribution in [2.45, 2.75) is 31.6 Å². The highest BCUT2D eigenvalue weighted by Gasteiger charge is 2.24. The van der Waals surface area contributed by atoms with E-state index in [1.54, 1.807) is 0 Å². The minimum atomic E-state index is 0.489. The highest BCUT2D eigenvalue weighted by atomic mass is 35.5. The zero-order valence-electron chi connectivity index (χ0n) is 12.5. The number of alkyl halides is 1. The predicted molar refractivity (Wildman–Crippen MR) is 91.6 cm³/mol. The Balaban J connectivity index is 1.59. The normalized spacial score (nSPS) is 21.1. The van der Waals surface area contributed by atoms with E-state index in [1.165, 1.54) is 51.0 Å². The first-order valence-electron chi connectivity index (χ1n) is 8.08. The molecular weight excluding hydrogens is 303 g/mol. The van der Waals surface area contributed by atoms with Gasteiger partial charge in [-0.25, -0.2) is 0 Å². The van der Waals surface area contributed by atoms with Crippen molar-refractivity contribution in [3.63, 3.8) is 0 Å². The lowest BCUT2D eigenvalue weighted by Crippen LogP contribution is -2.38. The Morgan fingerprint density at radius 2 is 1.76 bits per heavy atom. The van der Waals surface area contributed by atoms with Gasteiger partial charge in [-0.1, -0.05) is 17.7 Å². The van der Waals surface area contributed by atoms with Crippen LogP contribution < -0.4 is 4.90 Å². The number of rotatable bonds is 4. The average Bonchev–Trinajstić information content (AvgIpc) is 3.01. The molecule has 2 aliphatic rings. The highest BCUT2D eigenvalue weighted by molar-refractivity contribution is 6.32. The van der Waals surface area contributed by atoms with Crippen LogP contribution in [0.25, 0.3) is 0 Å². The SMILES string of the molecule is ClCc1c(Cl)cccc1N1CCC(CN2CCCC2)CC1. The molecule has 0 unspecified atom stereocenters. The van der Waals surface area contributed by atoms with Crippen molar-refractivity contribution >= 4 is 28.9 Å². The summed E-state index contributed by atoms with van der Waals surface area (Å²) in [6.07, 6.45) is 5.34. The highest BCUT2D eigenvalue weighted by Crippen LogP contribution is 2.32. The molecule has 2 aliphatic heterocycles. The molecule has 4 heteroatoms. The zero-order valence-corrected chi connectivity index (χ0v) is 14.0. The molecule has 2 heterocycles. The zero-order chi connectivity index (χ0) is 14.7. The van der Waals surface area contributed by atoms with E-state index < -0.39 is 0 Å². The van der Waals surface area contributed by atoms with E-state index in [0.717, 1.165) is 29.6 Å². The molecule has 3 rings (SSSR count). The molecule has 0 N–H and O–H groups in total. The van der Waals surface area contributed by atoms with E-state index in [9.17, 15) is 0 Å². The van der Waals surface area contributed by atoms with Gasteiger partial charge in [0.1, 0.15) is 0 Å². The van der Waals surface area contributed by atoms with E-state index in [0.29, 0.717) is 5.88 Å². The minimum Gasteiger partial charge on any atom is -0.371 e. The molecule has 2 saturated heterocycles. The predicted octanol–water partition coefficient (Wildman–Crippen LogP) is 4.39. The third-order valence-electron chi connectivity index (χ3n) is 4.90. The maximum atomic E-state index is 6.27. The van der Waals surface area contributed by atoms with Crippen LogP contribution in [0.3, 0.4) is 0 Å². The van der Waals surface area contributed by atoms with Gasteiger partial charge in [-0.3, -0.25) is 0 Å². The largest absolute Gasteiger partial charge is 0.371 e. The van der Waals surface area contributed by atoms with Crippen LogP contribution in [0.5, 0.6) is 0 Å². The summed E-state index contributed by atoms with van der Waals surface area (Å²) in [5.74, 6) is 1.35. The monoisotopic (exact) mass is 326 g/mol. The van der Waals surface area contributed by atoms with Crippen LogP contribution in [-0.4, -0.2) is 37.6 Å². The second-order valence-corrected chi connectivity index (χ2v) is 6.98. The molecule has 0 bridgehead atoms. The van der Waals surface area contributed by atoms with Crippen LogP contribution in [0.15, 0.2) is 18.2 Å². The lowest BCUT2D eigenvalue weighted by atomic mass is 9.95. The van der Waals surface area contributed by atoms with Crippen molar-refractivity contribution in [3.8, 4) is 0 Å². The van der Waals surface area contributed by atoms with Crippen molar-refractivity contribution in [2.24, 2.45) is 5.92 Å². The van der Waals surface area contributed by atoms with E-state index in [2.05, 4.69) is 15.9 Å². The smallest absolute Gasteiger partial charge is 0.0509 e. The Morgan fingerprint density at radius 1 is 1.05 bits per heavy atom. The van der Waals surface area contributed by atoms with Gasteiger partial charge < -0.3 is 9.80 Å². The number of benzene rings is 1. The van der Waals surface area contributed by atoms with Gasteiger partial charge in [-0.15, -0.1) is 11.6 Å². The van der Waals surface area contributed by atoms with Gasteiger partial charge in [0.05, 0.1) is 5.88 Å². The summed E-state index contributed by atoms with van der Waals surface area (Å²) in [5.41, 5.74) is 2.32. The molecule has 0 spiro atoms. The number of piperidine rings is 1. The topological polar surface area (TPSA) is 6.48 Å². The molecule has 0 aliphatic carbocycles. The lowest BCUT2D eigenvalue weighted by molar-refractivity contribution is 0.249. The molecular formula is C17H24Cl2N2. The molecule has 21 heavy (non-hydrogen) atoms. The van der Waals surface area contributed by atoms with Crippen molar-refractivity contribution in [1.82, 2.24) is 4.90 Å². The maximum Gasteiger partial charge on any atom is 0.0509 e. The summed E-state index contributed by atoms with van der Waals surface area (Å²) in [4.78, 5) is 5.11. The van der Waals surface area contributed by atoms with Gasteiger partial charge in [-0.2, -0.15) is 0 Å². The molecule has 0 saturated carbocycles. The van der Waals surface area contributed by atoms with Gasteiger partial charge in [0.2, 0.25) is 0 Å². The van der Waals surface area contributed by atoms with Gasteiger partial charge >= 0.3 is 0 Å². The molecule has 1 aromatic rings. The van der Waals surface area contributed by atoms with Crippen LogP contribution in [0.1, 0.15) is 31.2 Å². The van der Waals surface area contributed by atoms with E-state index in [1.807, 2.05) is 12.1 Å². The molecule has 1 aromatic carbocycles. The molecule has 2 nitrogen and oxygen atoms in total. The standard InChI is InChI=1S/C17H24Cl2N2/c18-12-15-16(19)4-3-5-17(15)21-10-6-14(7-11-21)13-20-8-1-2-9-20/h3-5,14H,1-2,6-13H2. The summed E-state index contributed by atoms with van der Waals surface area (Å²) in [6.45, 7) is 6.17. The molecule has 0 atom stereocenters. The van der Waals surface area contributed by atoms with Crippen molar-refractivity contribution < 1.29 is 0 Å². The number of nitrogens with zero attached hydrogens (tertiary/aromatic N) is 2. The fraction of sp³-hybridized carbons (Fsp3) is 0.647. The van der Waals surface area contributed by atoms with Gasteiger partial charge in [0.25, 0.3) is 0 Å². The number of anilines is 1. The lowest BCUT2D eigenvalue weighted by Gasteiger charge is -2.36. The van der Waals surface area contributed by atoms with E-state index in [-0.39, 0.29) is 0 Å². The van der Waals surface area contributed by atoms with Gasteiger partial charge in [0.15, 0.2) is 0 Å². The number of hydrogen-bond acceptors (Lipinski definition) is 2.